The van der Waals surface area contributed by atoms with E-state index in [-0.39, 0.29) is 0 Å². The number of likely N-dealkylation sites (N-methyl/N-ethyl adjacent to an activating group) is 1. The zero-order valence-corrected chi connectivity index (χ0v) is 13.7. The van der Waals surface area contributed by atoms with E-state index in [1.807, 2.05) is 6.07 Å². The van der Waals surface area contributed by atoms with Gasteiger partial charge < -0.3 is 5.32 Å². The van der Waals surface area contributed by atoms with Crippen molar-refractivity contribution in [3.63, 3.8) is 0 Å². The minimum Gasteiger partial charge on any atom is -0.383 e. The van der Waals surface area contributed by atoms with Gasteiger partial charge in [-0.2, -0.15) is 0 Å². The summed E-state index contributed by atoms with van der Waals surface area (Å²) >= 11 is 0. The van der Waals surface area contributed by atoms with Crippen molar-refractivity contribution >= 4 is 5.69 Å². The Morgan fingerprint density at radius 2 is 1.79 bits per heavy atom. The Bertz CT molecular complexity index is 818. The number of anilines is 1. The first-order valence-electron chi connectivity index (χ1n) is 8.20. The highest BCUT2D eigenvalue weighted by atomic mass is 15.2. The van der Waals surface area contributed by atoms with Crippen LogP contribution in [0.15, 0.2) is 67.0 Å². The Balaban J connectivity index is 1.64. The van der Waals surface area contributed by atoms with E-state index < -0.39 is 0 Å². The number of fused-ring (bicyclic) bond motifs is 1. The Kier molecular flexibility index (Phi) is 3.97. The van der Waals surface area contributed by atoms with Crippen LogP contribution in [0.4, 0.5) is 5.69 Å². The molecule has 1 aromatic heterocycles. The molecule has 1 aliphatic heterocycles. The van der Waals surface area contributed by atoms with E-state index in [4.69, 9.17) is 0 Å². The summed E-state index contributed by atoms with van der Waals surface area (Å²) < 4.78 is 0. The van der Waals surface area contributed by atoms with E-state index in [2.05, 4.69) is 75.8 Å². The smallest absolute Gasteiger partial charge is 0.159 e. The highest BCUT2D eigenvalue weighted by molar-refractivity contribution is 5.64. The van der Waals surface area contributed by atoms with Gasteiger partial charge in [-0.15, -0.1) is 0 Å². The quantitative estimate of drug-likeness (QED) is 0.782. The normalized spacial score (nSPS) is 17.6. The predicted molar refractivity (Wildman–Crippen MR) is 96.6 cm³/mol. The zero-order valence-electron chi connectivity index (χ0n) is 13.7. The van der Waals surface area contributed by atoms with Crippen molar-refractivity contribution in [1.82, 2.24) is 14.9 Å². The Morgan fingerprint density at radius 1 is 1.00 bits per heavy atom. The lowest BCUT2D eigenvalue weighted by Gasteiger charge is -2.25. The second kappa shape index (κ2) is 6.42. The maximum absolute atomic E-state index is 4.36. The zero-order chi connectivity index (χ0) is 16.4. The average molecular weight is 316 g/mol. The molecule has 0 bridgehead atoms. The molecule has 120 valence electrons. The summed E-state index contributed by atoms with van der Waals surface area (Å²) in [5.41, 5.74) is 4.87. The molecular weight excluding hydrogens is 296 g/mol. The molecule has 0 radical (unpaired) electrons. The number of rotatable bonds is 2. The first-order valence-corrected chi connectivity index (χ1v) is 8.20. The molecule has 1 unspecified atom stereocenters. The average Bonchev–Trinajstić information content (AvgIpc) is 2.80. The lowest BCUT2D eigenvalue weighted by Crippen LogP contribution is -2.26. The molecular formula is C20H20N4. The number of aromatic nitrogens is 2. The summed E-state index contributed by atoms with van der Waals surface area (Å²) in [5.74, 6) is 0.770. The van der Waals surface area contributed by atoms with E-state index in [0.29, 0.717) is 6.04 Å². The van der Waals surface area contributed by atoms with Gasteiger partial charge in [-0.3, -0.25) is 4.90 Å². The van der Waals surface area contributed by atoms with Crippen LogP contribution < -0.4 is 5.32 Å². The molecule has 4 nitrogen and oxygen atoms in total. The second-order valence-electron chi connectivity index (χ2n) is 6.17. The molecule has 0 aliphatic carbocycles. The summed E-state index contributed by atoms with van der Waals surface area (Å²) in [6.07, 6.45) is 3.56. The number of nitrogens with one attached hydrogen (secondary N) is 1. The van der Waals surface area contributed by atoms with Crippen molar-refractivity contribution in [3.05, 3.63) is 78.1 Å². The predicted octanol–water partition coefficient (Wildman–Crippen LogP) is 3.74. The van der Waals surface area contributed by atoms with Gasteiger partial charge in [-0.25, -0.2) is 9.97 Å². The molecule has 0 spiro atoms. The lowest BCUT2D eigenvalue weighted by molar-refractivity contribution is 0.252. The van der Waals surface area contributed by atoms with Crippen molar-refractivity contribution in [2.24, 2.45) is 0 Å². The van der Waals surface area contributed by atoms with Gasteiger partial charge in [0.25, 0.3) is 0 Å². The van der Waals surface area contributed by atoms with Crippen LogP contribution in [-0.4, -0.2) is 28.5 Å². The molecule has 1 aliphatic rings. The Labute approximate surface area is 142 Å². The molecule has 0 saturated heterocycles. The van der Waals surface area contributed by atoms with Gasteiger partial charge >= 0.3 is 0 Å². The van der Waals surface area contributed by atoms with Crippen LogP contribution in [0.1, 0.15) is 17.2 Å². The topological polar surface area (TPSA) is 41.1 Å². The maximum Gasteiger partial charge on any atom is 0.159 e. The van der Waals surface area contributed by atoms with E-state index in [9.17, 15) is 0 Å². The molecule has 0 fully saturated rings. The van der Waals surface area contributed by atoms with Crippen molar-refractivity contribution in [3.8, 4) is 11.4 Å². The first kappa shape index (κ1) is 14.8. The monoisotopic (exact) mass is 316 g/mol. The van der Waals surface area contributed by atoms with Gasteiger partial charge in [0.2, 0.25) is 0 Å². The van der Waals surface area contributed by atoms with Gasteiger partial charge in [-0.05, 0) is 42.4 Å². The first-order chi connectivity index (χ1) is 11.8. The van der Waals surface area contributed by atoms with Crippen LogP contribution in [0.2, 0.25) is 0 Å². The van der Waals surface area contributed by atoms with E-state index in [1.54, 1.807) is 12.4 Å². The van der Waals surface area contributed by atoms with Gasteiger partial charge in [0.15, 0.2) is 5.82 Å². The van der Waals surface area contributed by atoms with Crippen LogP contribution in [0, 0.1) is 0 Å². The summed E-state index contributed by atoms with van der Waals surface area (Å²) in [6, 6.07) is 19.3. The third-order valence-electron chi connectivity index (χ3n) is 4.55. The Hall–Kier alpha value is -2.72. The molecule has 2 aromatic carbocycles. The molecule has 0 amide bonds. The fourth-order valence-corrected chi connectivity index (χ4v) is 3.27. The van der Waals surface area contributed by atoms with E-state index >= 15 is 0 Å². The molecule has 1 N–H and O–H groups in total. The highest BCUT2D eigenvalue weighted by Gasteiger charge is 2.22. The number of hydrogen-bond donors (Lipinski definition) is 1. The highest BCUT2D eigenvalue weighted by Crippen LogP contribution is 2.31. The van der Waals surface area contributed by atoms with E-state index in [0.717, 1.165) is 24.5 Å². The van der Waals surface area contributed by atoms with Crippen molar-refractivity contribution in [2.45, 2.75) is 12.6 Å². The molecule has 3 aromatic rings. The van der Waals surface area contributed by atoms with Crippen molar-refractivity contribution in [1.29, 1.82) is 0 Å². The SMILES string of the molecule is CN1Cc2cc(-c3ncccn3)ccc2NCC1c1ccccc1. The molecule has 0 saturated carbocycles. The van der Waals surface area contributed by atoms with Crippen LogP contribution in [-0.2, 0) is 6.54 Å². The molecule has 4 heteroatoms. The summed E-state index contributed by atoms with van der Waals surface area (Å²) in [7, 11) is 2.18. The second-order valence-corrected chi connectivity index (χ2v) is 6.17. The van der Waals surface area contributed by atoms with Gasteiger partial charge in [0.1, 0.15) is 0 Å². The van der Waals surface area contributed by atoms with Crippen LogP contribution >= 0.6 is 0 Å². The third kappa shape index (κ3) is 2.88. The fourth-order valence-electron chi connectivity index (χ4n) is 3.27. The molecule has 1 atom stereocenters. The summed E-state index contributed by atoms with van der Waals surface area (Å²) in [5, 5.41) is 3.60. The maximum atomic E-state index is 4.36. The lowest BCUT2D eigenvalue weighted by atomic mass is 10.1. The van der Waals surface area contributed by atoms with Gasteiger partial charge in [-0.1, -0.05) is 30.3 Å². The molecule has 2 heterocycles. The number of benzene rings is 2. The molecule has 24 heavy (non-hydrogen) atoms. The largest absolute Gasteiger partial charge is 0.383 e. The van der Waals surface area contributed by atoms with Crippen LogP contribution in [0.3, 0.4) is 0 Å². The Morgan fingerprint density at radius 3 is 2.58 bits per heavy atom. The summed E-state index contributed by atoms with van der Waals surface area (Å²) in [4.78, 5) is 11.1. The van der Waals surface area contributed by atoms with Crippen LogP contribution in [0.25, 0.3) is 11.4 Å². The minimum absolute atomic E-state index is 0.357. The number of nitrogens with zero attached hydrogens (tertiary/aromatic N) is 3. The van der Waals surface area contributed by atoms with Crippen LogP contribution in [0.5, 0.6) is 0 Å². The van der Waals surface area contributed by atoms with Crippen molar-refractivity contribution in [2.75, 3.05) is 18.9 Å². The standard InChI is InChI=1S/C20H20N4/c1-24-14-17-12-16(20-21-10-5-11-22-20)8-9-18(17)23-13-19(24)15-6-3-2-4-7-15/h2-12,19,23H,13-14H2,1H3. The number of hydrogen-bond acceptors (Lipinski definition) is 4. The fraction of sp³-hybridized carbons (Fsp3) is 0.200. The minimum atomic E-state index is 0.357. The summed E-state index contributed by atoms with van der Waals surface area (Å²) in [6.45, 7) is 1.79. The van der Waals surface area contributed by atoms with Gasteiger partial charge in [0.05, 0.1) is 6.04 Å². The van der Waals surface area contributed by atoms with Crippen molar-refractivity contribution < 1.29 is 0 Å². The van der Waals surface area contributed by atoms with E-state index in [1.165, 1.54) is 16.8 Å². The van der Waals surface area contributed by atoms with Gasteiger partial charge in [0, 0.05) is 36.7 Å². The third-order valence-corrected chi connectivity index (χ3v) is 4.55. The molecule has 4 rings (SSSR count).